The molecule has 0 aromatic heterocycles. The van der Waals surface area contributed by atoms with Gasteiger partial charge in [0, 0.05) is 6.54 Å². The molecule has 0 heterocycles. The zero-order valence-electron chi connectivity index (χ0n) is 9.36. The highest BCUT2D eigenvalue weighted by Crippen LogP contribution is 2.21. The van der Waals surface area contributed by atoms with E-state index in [0.717, 1.165) is 5.56 Å². The highest BCUT2D eigenvalue weighted by atomic mass is 16.5. The molecule has 0 aliphatic rings. The Kier molecular flexibility index (Phi) is 4.75. The molecular weight excluding hydrogens is 190 g/mol. The molecule has 15 heavy (non-hydrogen) atoms. The standard InChI is InChI=1S/C12H19NO2/c1-9-3-4-10(2)11(7-9)12(8-13)15-6-5-14/h3-4,7,12,14H,5-6,8,13H2,1-2H3. The Bertz CT molecular complexity index is 312. The molecule has 0 saturated heterocycles. The van der Waals surface area contributed by atoms with E-state index in [0.29, 0.717) is 13.2 Å². The predicted octanol–water partition coefficient (Wildman–Crippen LogP) is 1.31. The molecule has 1 unspecified atom stereocenters. The van der Waals surface area contributed by atoms with Crippen molar-refractivity contribution in [2.45, 2.75) is 20.0 Å². The molecule has 1 aromatic carbocycles. The van der Waals surface area contributed by atoms with E-state index >= 15 is 0 Å². The van der Waals surface area contributed by atoms with Gasteiger partial charge in [-0.15, -0.1) is 0 Å². The lowest BCUT2D eigenvalue weighted by Crippen LogP contribution is -2.18. The first-order valence-electron chi connectivity index (χ1n) is 5.18. The summed E-state index contributed by atoms with van der Waals surface area (Å²) in [5.41, 5.74) is 9.15. The maximum Gasteiger partial charge on any atom is 0.0950 e. The first kappa shape index (κ1) is 12.2. The van der Waals surface area contributed by atoms with Gasteiger partial charge >= 0.3 is 0 Å². The summed E-state index contributed by atoms with van der Waals surface area (Å²) in [7, 11) is 0. The maximum absolute atomic E-state index is 8.72. The van der Waals surface area contributed by atoms with Crippen molar-refractivity contribution in [3.8, 4) is 0 Å². The second kappa shape index (κ2) is 5.85. The number of nitrogens with two attached hydrogens (primary N) is 1. The van der Waals surface area contributed by atoms with Gasteiger partial charge in [0.15, 0.2) is 0 Å². The van der Waals surface area contributed by atoms with Gasteiger partial charge in [0.1, 0.15) is 0 Å². The van der Waals surface area contributed by atoms with Crippen molar-refractivity contribution in [2.24, 2.45) is 5.73 Å². The molecular formula is C12H19NO2. The summed E-state index contributed by atoms with van der Waals surface area (Å²) in [5, 5.41) is 8.72. The molecule has 84 valence electrons. The van der Waals surface area contributed by atoms with Crippen LogP contribution in [0.3, 0.4) is 0 Å². The Morgan fingerprint density at radius 1 is 1.40 bits per heavy atom. The van der Waals surface area contributed by atoms with E-state index in [4.69, 9.17) is 15.6 Å². The lowest BCUT2D eigenvalue weighted by Gasteiger charge is -2.18. The van der Waals surface area contributed by atoms with E-state index in [9.17, 15) is 0 Å². The van der Waals surface area contributed by atoms with Gasteiger partial charge < -0.3 is 15.6 Å². The molecule has 3 nitrogen and oxygen atoms in total. The third-order valence-corrected chi connectivity index (χ3v) is 2.41. The van der Waals surface area contributed by atoms with Crippen molar-refractivity contribution in [3.05, 3.63) is 34.9 Å². The van der Waals surface area contributed by atoms with Gasteiger partial charge in [-0.3, -0.25) is 0 Å². The van der Waals surface area contributed by atoms with Crippen molar-refractivity contribution in [1.82, 2.24) is 0 Å². The van der Waals surface area contributed by atoms with Gasteiger partial charge in [-0.2, -0.15) is 0 Å². The monoisotopic (exact) mass is 209 g/mol. The molecule has 0 radical (unpaired) electrons. The number of ether oxygens (including phenoxy) is 1. The van der Waals surface area contributed by atoms with Crippen LogP contribution in [0.2, 0.25) is 0 Å². The van der Waals surface area contributed by atoms with Gasteiger partial charge in [-0.05, 0) is 25.0 Å². The molecule has 0 aliphatic heterocycles. The Morgan fingerprint density at radius 3 is 2.73 bits per heavy atom. The van der Waals surface area contributed by atoms with Gasteiger partial charge in [-0.1, -0.05) is 23.8 Å². The summed E-state index contributed by atoms with van der Waals surface area (Å²) < 4.78 is 5.49. The number of hydrogen-bond donors (Lipinski definition) is 2. The quantitative estimate of drug-likeness (QED) is 0.768. The molecule has 0 fully saturated rings. The van der Waals surface area contributed by atoms with E-state index in [1.165, 1.54) is 11.1 Å². The normalized spacial score (nSPS) is 12.8. The summed E-state index contributed by atoms with van der Waals surface area (Å²) in [4.78, 5) is 0. The van der Waals surface area contributed by atoms with Crippen molar-refractivity contribution in [3.63, 3.8) is 0 Å². The first-order chi connectivity index (χ1) is 7.19. The van der Waals surface area contributed by atoms with Crippen molar-refractivity contribution in [1.29, 1.82) is 0 Å². The lowest BCUT2D eigenvalue weighted by atomic mass is 10.0. The van der Waals surface area contributed by atoms with Crippen molar-refractivity contribution >= 4 is 0 Å². The van der Waals surface area contributed by atoms with Gasteiger partial charge in [0.05, 0.1) is 19.3 Å². The molecule has 0 aliphatic carbocycles. The third-order valence-electron chi connectivity index (χ3n) is 2.41. The number of aryl methyl sites for hydroxylation is 2. The largest absolute Gasteiger partial charge is 0.394 e. The Labute approximate surface area is 90.9 Å². The van der Waals surface area contributed by atoms with Crippen LogP contribution in [0.15, 0.2) is 18.2 Å². The molecule has 0 amide bonds. The highest BCUT2D eigenvalue weighted by molar-refractivity contribution is 5.32. The fourth-order valence-electron chi connectivity index (χ4n) is 1.59. The average Bonchev–Trinajstić information content (AvgIpc) is 2.24. The molecule has 3 heteroatoms. The Hall–Kier alpha value is -0.900. The zero-order chi connectivity index (χ0) is 11.3. The van der Waals surface area contributed by atoms with Crippen LogP contribution in [-0.2, 0) is 4.74 Å². The molecule has 1 rings (SSSR count). The number of benzene rings is 1. The van der Waals surface area contributed by atoms with Crippen molar-refractivity contribution in [2.75, 3.05) is 19.8 Å². The van der Waals surface area contributed by atoms with Crippen LogP contribution in [0, 0.1) is 13.8 Å². The minimum atomic E-state index is -0.114. The fraction of sp³-hybridized carbons (Fsp3) is 0.500. The SMILES string of the molecule is Cc1ccc(C)c(C(CN)OCCO)c1. The molecule has 0 bridgehead atoms. The van der Waals surface area contributed by atoms with E-state index in [1.54, 1.807) is 0 Å². The minimum Gasteiger partial charge on any atom is -0.394 e. The number of hydrogen-bond acceptors (Lipinski definition) is 3. The van der Waals surface area contributed by atoms with Crippen LogP contribution in [-0.4, -0.2) is 24.9 Å². The number of aliphatic hydroxyl groups is 1. The summed E-state index contributed by atoms with van der Waals surface area (Å²) in [6.45, 7) is 4.88. The Morgan fingerprint density at radius 2 is 2.13 bits per heavy atom. The molecule has 1 atom stereocenters. The predicted molar refractivity (Wildman–Crippen MR) is 60.7 cm³/mol. The maximum atomic E-state index is 8.72. The summed E-state index contributed by atoms with van der Waals surface area (Å²) in [5.74, 6) is 0. The van der Waals surface area contributed by atoms with Crippen molar-refractivity contribution < 1.29 is 9.84 Å². The van der Waals surface area contributed by atoms with E-state index < -0.39 is 0 Å². The van der Waals surface area contributed by atoms with Gasteiger partial charge in [-0.25, -0.2) is 0 Å². The zero-order valence-corrected chi connectivity index (χ0v) is 9.36. The van der Waals surface area contributed by atoms with Crippen LogP contribution in [0.1, 0.15) is 22.8 Å². The van der Waals surface area contributed by atoms with Gasteiger partial charge in [0.25, 0.3) is 0 Å². The average molecular weight is 209 g/mol. The van der Waals surface area contributed by atoms with Crippen LogP contribution in [0.25, 0.3) is 0 Å². The number of rotatable bonds is 5. The summed E-state index contributed by atoms with van der Waals surface area (Å²) >= 11 is 0. The van der Waals surface area contributed by atoms with Crippen LogP contribution in [0.5, 0.6) is 0 Å². The molecule has 0 spiro atoms. The van der Waals surface area contributed by atoms with Crippen LogP contribution < -0.4 is 5.73 Å². The smallest absolute Gasteiger partial charge is 0.0950 e. The summed E-state index contributed by atoms with van der Waals surface area (Å²) in [6, 6.07) is 6.22. The molecule has 0 saturated carbocycles. The number of aliphatic hydroxyl groups excluding tert-OH is 1. The second-order valence-electron chi connectivity index (χ2n) is 3.68. The highest BCUT2D eigenvalue weighted by Gasteiger charge is 2.12. The second-order valence-corrected chi connectivity index (χ2v) is 3.68. The molecule has 3 N–H and O–H groups in total. The third kappa shape index (κ3) is 3.30. The van der Waals surface area contributed by atoms with Gasteiger partial charge in [0.2, 0.25) is 0 Å². The van der Waals surface area contributed by atoms with Crippen LogP contribution >= 0.6 is 0 Å². The van der Waals surface area contributed by atoms with E-state index in [-0.39, 0.29) is 12.7 Å². The van der Waals surface area contributed by atoms with E-state index in [2.05, 4.69) is 18.2 Å². The van der Waals surface area contributed by atoms with Crippen LogP contribution in [0.4, 0.5) is 0 Å². The summed E-state index contributed by atoms with van der Waals surface area (Å²) in [6.07, 6.45) is -0.114. The topological polar surface area (TPSA) is 55.5 Å². The minimum absolute atomic E-state index is 0.0291. The lowest BCUT2D eigenvalue weighted by molar-refractivity contribution is 0.0325. The molecule has 1 aromatic rings. The fourth-order valence-corrected chi connectivity index (χ4v) is 1.59. The Balaban J connectivity index is 2.85. The van der Waals surface area contributed by atoms with E-state index in [1.807, 2.05) is 13.8 Å². The first-order valence-corrected chi connectivity index (χ1v) is 5.18.